The van der Waals surface area contributed by atoms with Crippen LogP contribution < -0.4 is 27.3 Å². The molecule has 0 fully saturated rings. The van der Waals surface area contributed by atoms with Crippen molar-refractivity contribution >= 4 is 28.6 Å². The van der Waals surface area contributed by atoms with Crippen molar-refractivity contribution in [2.45, 2.75) is 20.8 Å². The third-order valence-electron chi connectivity index (χ3n) is 3.84. The van der Waals surface area contributed by atoms with Crippen LogP contribution in [0.4, 0.5) is 5.69 Å². The fourth-order valence-electron chi connectivity index (χ4n) is 2.51. The summed E-state index contributed by atoms with van der Waals surface area (Å²) in [5.74, 6) is 2.62. The lowest BCUT2D eigenvalue weighted by Crippen LogP contribution is -2.20. The van der Waals surface area contributed by atoms with Crippen LogP contribution in [0.3, 0.4) is 0 Å². The number of allylic oxidation sites excluding steroid dienone is 2. The highest BCUT2D eigenvalue weighted by Gasteiger charge is 2.15. The Morgan fingerprint density at radius 3 is 2.31 bits per heavy atom. The van der Waals surface area contributed by atoms with Gasteiger partial charge in [0.25, 0.3) is 0 Å². The summed E-state index contributed by atoms with van der Waals surface area (Å²) in [5, 5.41) is 18.8. The average Bonchev–Trinajstić information content (AvgIpc) is 2.77. The van der Waals surface area contributed by atoms with Gasteiger partial charge in [-0.2, -0.15) is 0 Å². The number of hydrogen-bond acceptors (Lipinski definition) is 7. The number of para-hydroxylation sites is 1. The first-order valence-electron chi connectivity index (χ1n) is 10.4. The molecule has 9 heteroatoms. The van der Waals surface area contributed by atoms with Crippen LogP contribution >= 0.6 is 0 Å². The van der Waals surface area contributed by atoms with Crippen LogP contribution in [0.25, 0.3) is 11.1 Å². The van der Waals surface area contributed by atoms with Gasteiger partial charge < -0.3 is 32.4 Å². The van der Waals surface area contributed by atoms with Crippen molar-refractivity contribution in [3.63, 3.8) is 0 Å². The number of rotatable bonds is 9. The first-order valence-corrected chi connectivity index (χ1v) is 10.4. The van der Waals surface area contributed by atoms with Gasteiger partial charge in [-0.3, -0.25) is 10.2 Å². The van der Waals surface area contributed by atoms with E-state index in [2.05, 4.69) is 35.8 Å². The lowest BCUT2D eigenvalue weighted by molar-refractivity contribution is -0.135. The van der Waals surface area contributed by atoms with Crippen molar-refractivity contribution in [1.29, 1.82) is 5.41 Å². The van der Waals surface area contributed by atoms with E-state index in [0.29, 0.717) is 33.9 Å². The van der Waals surface area contributed by atoms with Crippen LogP contribution in [0.1, 0.15) is 37.7 Å². The Labute approximate surface area is 206 Å². The minimum absolute atomic E-state index is 0.133. The molecule has 35 heavy (non-hydrogen) atoms. The van der Waals surface area contributed by atoms with E-state index >= 15 is 0 Å². The molecular formula is C26H34N6O3. The molecule has 9 nitrogen and oxygen atoms in total. The maximum atomic E-state index is 10.5. The Morgan fingerprint density at radius 1 is 1.31 bits per heavy atom. The molecule has 1 aromatic carbocycles. The molecule has 9 N–H and O–H groups in total. The number of terminal acetylenes is 1. The van der Waals surface area contributed by atoms with Crippen LogP contribution in [0.5, 0.6) is 5.75 Å². The molecule has 2 rings (SSSR count). The van der Waals surface area contributed by atoms with Gasteiger partial charge in [-0.25, -0.2) is 4.98 Å². The molecule has 2 aromatic rings. The Bertz CT molecular complexity index is 1100. The minimum Gasteiger partial charge on any atom is -0.480 e. The first-order chi connectivity index (χ1) is 16.5. The molecule has 0 saturated heterocycles. The Kier molecular flexibility index (Phi) is 14.0. The predicted molar refractivity (Wildman–Crippen MR) is 143 cm³/mol. The number of amidine groups is 1. The van der Waals surface area contributed by atoms with Crippen molar-refractivity contribution in [3.8, 4) is 18.1 Å². The maximum Gasteiger partial charge on any atom is 0.322 e. The van der Waals surface area contributed by atoms with Crippen molar-refractivity contribution in [2.24, 2.45) is 11.5 Å². The number of nitrogens with one attached hydrogen (secondary N) is 2. The van der Waals surface area contributed by atoms with E-state index in [4.69, 9.17) is 32.5 Å². The van der Waals surface area contributed by atoms with Crippen LogP contribution in [-0.2, 0) is 4.79 Å². The number of benzene rings is 1. The molecule has 186 valence electrons. The number of aliphatic carboxylic acids is 1. The van der Waals surface area contributed by atoms with Crippen LogP contribution in [-0.4, -0.2) is 35.0 Å². The summed E-state index contributed by atoms with van der Waals surface area (Å²) >= 11 is 0. The van der Waals surface area contributed by atoms with Crippen molar-refractivity contribution in [3.05, 3.63) is 78.5 Å². The number of hydrogen-bond donors (Lipinski definition) is 6. The van der Waals surface area contributed by atoms with E-state index < -0.39 is 5.97 Å². The molecule has 0 bridgehead atoms. The zero-order valence-corrected chi connectivity index (χ0v) is 20.4. The number of carbonyl (C=O) groups is 1. The molecule has 0 atom stereocenters. The highest BCUT2D eigenvalue weighted by molar-refractivity contribution is 6.03. The highest BCUT2D eigenvalue weighted by Crippen LogP contribution is 2.24. The maximum absolute atomic E-state index is 10.5. The first kappa shape index (κ1) is 30.4. The number of aromatic nitrogens is 1. The third kappa shape index (κ3) is 11.8. The predicted octanol–water partition coefficient (Wildman–Crippen LogP) is 3.19. The molecule has 0 aliphatic carbocycles. The summed E-state index contributed by atoms with van der Waals surface area (Å²) in [4.78, 5) is 14.9. The summed E-state index contributed by atoms with van der Waals surface area (Å²) in [5.41, 5.74) is 19.8. The normalized spacial score (nSPS) is 9.74. The van der Waals surface area contributed by atoms with Gasteiger partial charge in [0.2, 0.25) is 0 Å². The van der Waals surface area contributed by atoms with Crippen LogP contribution in [0.15, 0.2) is 61.5 Å². The van der Waals surface area contributed by atoms with E-state index in [1.807, 2.05) is 37.3 Å². The Balaban J connectivity index is 0.000000733. The van der Waals surface area contributed by atoms with Crippen molar-refractivity contribution in [2.75, 3.05) is 18.8 Å². The number of carboxylic acid groups (broad SMARTS) is 1. The summed E-state index contributed by atoms with van der Waals surface area (Å²) in [7, 11) is 0. The fraction of sp³-hybridized carbons (Fsp3) is 0.192. The second-order valence-corrected chi connectivity index (χ2v) is 7.07. The van der Waals surface area contributed by atoms with E-state index in [-0.39, 0.29) is 24.6 Å². The monoisotopic (exact) mass is 478 g/mol. The molecule has 0 saturated carbocycles. The topological polar surface area (TPSA) is 173 Å². The Hall–Kier alpha value is -4.55. The SMILES string of the molecule is C#CC.C=C(C)Oc1ccccc1.C=C(C)c1nc(/C(=C/NCC(=O)O)CN)cc(N)c1C(=N)N. The van der Waals surface area contributed by atoms with Crippen LogP contribution in [0, 0.1) is 17.8 Å². The van der Waals surface area contributed by atoms with Gasteiger partial charge in [-0.05, 0) is 44.5 Å². The lowest BCUT2D eigenvalue weighted by Gasteiger charge is -2.14. The summed E-state index contributed by atoms with van der Waals surface area (Å²) < 4.78 is 5.22. The quantitative estimate of drug-likeness (QED) is 0.138. The van der Waals surface area contributed by atoms with Gasteiger partial charge in [0, 0.05) is 24.0 Å². The van der Waals surface area contributed by atoms with E-state index in [1.54, 1.807) is 19.9 Å². The van der Waals surface area contributed by atoms with Crippen molar-refractivity contribution in [1.82, 2.24) is 10.3 Å². The molecule has 0 amide bonds. The molecule has 0 spiro atoms. The molecule has 1 heterocycles. The van der Waals surface area contributed by atoms with Crippen LogP contribution in [0.2, 0.25) is 0 Å². The smallest absolute Gasteiger partial charge is 0.322 e. The second kappa shape index (κ2) is 16.1. The molecule has 0 unspecified atom stereocenters. The number of ether oxygens (including phenoxy) is 1. The zero-order chi connectivity index (χ0) is 27.0. The number of pyridine rings is 1. The summed E-state index contributed by atoms with van der Waals surface area (Å²) in [6, 6.07) is 11.1. The number of carboxylic acids is 1. The van der Waals surface area contributed by atoms with Gasteiger partial charge in [0.15, 0.2) is 0 Å². The number of nitrogen functional groups attached to an aromatic ring is 2. The van der Waals surface area contributed by atoms with Crippen molar-refractivity contribution < 1.29 is 14.6 Å². The molecule has 0 radical (unpaired) electrons. The Morgan fingerprint density at radius 2 is 1.89 bits per heavy atom. The zero-order valence-electron chi connectivity index (χ0n) is 20.4. The average molecular weight is 479 g/mol. The third-order valence-corrected chi connectivity index (χ3v) is 3.84. The molecule has 1 aromatic heterocycles. The van der Waals surface area contributed by atoms with E-state index in [1.165, 1.54) is 6.20 Å². The number of nitrogens with two attached hydrogens (primary N) is 3. The lowest BCUT2D eigenvalue weighted by atomic mass is 10.0. The molecule has 0 aliphatic rings. The largest absolute Gasteiger partial charge is 0.480 e. The fourth-order valence-corrected chi connectivity index (χ4v) is 2.51. The van der Waals surface area contributed by atoms with Gasteiger partial charge in [0.1, 0.15) is 18.1 Å². The van der Waals surface area contributed by atoms with E-state index in [9.17, 15) is 4.79 Å². The summed E-state index contributed by atoms with van der Waals surface area (Å²) in [6.45, 7) is 12.5. The number of nitrogens with zero attached hydrogens (tertiary/aromatic N) is 1. The van der Waals surface area contributed by atoms with Gasteiger partial charge in [0.05, 0.1) is 22.7 Å². The summed E-state index contributed by atoms with van der Waals surface area (Å²) in [6.07, 6.45) is 6.07. The second-order valence-electron chi connectivity index (χ2n) is 7.07. The number of anilines is 1. The highest BCUT2D eigenvalue weighted by atomic mass is 16.5. The van der Waals surface area contributed by atoms with Gasteiger partial charge in [-0.15, -0.1) is 12.3 Å². The molecular weight excluding hydrogens is 444 g/mol. The van der Waals surface area contributed by atoms with E-state index in [0.717, 1.165) is 5.75 Å². The molecule has 0 aliphatic heterocycles. The van der Waals surface area contributed by atoms with Gasteiger partial charge in [-0.1, -0.05) is 31.4 Å². The standard InChI is InChI=1S/C14H20N6O2.C9H10O.C3H4/c1-7(2)13-12(14(17)18)9(16)3-10(20-13)8(4-15)5-19-6-11(21)22;1-8(2)10-9-6-4-3-5-7-9;1-3-2/h3,5,19H,1,4,6,15H2,2H3,(H2,16,20)(H3,17,18)(H,21,22);3-7H,1H2,2H3;1H,2H3/b8-5+;;. The van der Waals surface area contributed by atoms with Gasteiger partial charge >= 0.3 is 5.97 Å². The minimum atomic E-state index is -0.991.